The quantitative estimate of drug-likeness (QED) is 0.795. The molecule has 0 bridgehead atoms. The first kappa shape index (κ1) is 13.1. The molecule has 112 valence electrons. The third-order valence-electron chi connectivity index (χ3n) is 4.98. The summed E-state index contributed by atoms with van der Waals surface area (Å²) in [5.74, 6) is 0.644. The van der Waals surface area contributed by atoms with Gasteiger partial charge in [0.2, 0.25) is 0 Å². The molecule has 0 aromatic carbocycles. The number of hydrogen-bond donors (Lipinski definition) is 0. The molecule has 1 aromatic rings. The van der Waals surface area contributed by atoms with E-state index in [9.17, 15) is 9.59 Å². The molecule has 1 aromatic heterocycles. The molecule has 4 rings (SSSR count). The molecule has 1 aliphatic heterocycles. The maximum atomic E-state index is 12.8. The Labute approximate surface area is 123 Å². The van der Waals surface area contributed by atoms with Gasteiger partial charge in [-0.2, -0.15) is 0 Å². The predicted molar refractivity (Wildman–Crippen MR) is 74.4 cm³/mol. The number of furan rings is 1. The number of rotatable bonds is 1. The van der Waals surface area contributed by atoms with Gasteiger partial charge in [0.1, 0.15) is 12.0 Å². The summed E-state index contributed by atoms with van der Waals surface area (Å²) in [4.78, 5) is 26.7. The van der Waals surface area contributed by atoms with Crippen molar-refractivity contribution < 1.29 is 18.7 Å². The van der Waals surface area contributed by atoms with Crippen molar-refractivity contribution in [2.24, 2.45) is 0 Å². The minimum atomic E-state index is -0.123. The van der Waals surface area contributed by atoms with Crippen LogP contribution in [0.3, 0.4) is 0 Å². The zero-order valence-corrected chi connectivity index (χ0v) is 12.0. The lowest BCUT2D eigenvalue weighted by molar-refractivity contribution is -0.142. The van der Waals surface area contributed by atoms with E-state index in [2.05, 4.69) is 0 Å². The zero-order chi connectivity index (χ0) is 14.4. The van der Waals surface area contributed by atoms with Crippen LogP contribution in [0.25, 0.3) is 0 Å². The molecule has 2 fully saturated rings. The summed E-state index contributed by atoms with van der Waals surface area (Å²) in [5, 5.41) is 0. The number of carbonyl (C=O) groups excluding carboxylic acids is 2. The maximum Gasteiger partial charge on any atom is 0.258 e. The average Bonchev–Trinajstić information content (AvgIpc) is 2.90. The molecule has 5 heteroatoms. The molecule has 2 heterocycles. The van der Waals surface area contributed by atoms with Crippen LogP contribution in [-0.2, 0) is 11.2 Å². The van der Waals surface area contributed by atoms with Crippen LogP contribution in [0, 0.1) is 0 Å². The minimum Gasteiger partial charge on any atom is -0.468 e. The molecule has 1 saturated heterocycles. The highest BCUT2D eigenvalue weighted by atomic mass is 16.5. The first-order valence-electron chi connectivity index (χ1n) is 7.75. The van der Waals surface area contributed by atoms with E-state index < -0.39 is 0 Å². The summed E-state index contributed by atoms with van der Waals surface area (Å²) in [6.45, 7) is 1.81. The Morgan fingerprint density at radius 1 is 1.24 bits per heavy atom. The summed E-state index contributed by atoms with van der Waals surface area (Å²) in [6, 6.07) is 0. The van der Waals surface area contributed by atoms with Crippen LogP contribution < -0.4 is 0 Å². The molecule has 3 aliphatic rings. The number of hydrogen-bond acceptors (Lipinski definition) is 4. The normalized spacial score (nSPS) is 23.8. The van der Waals surface area contributed by atoms with Crippen LogP contribution in [-0.4, -0.2) is 41.9 Å². The monoisotopic (exact) mass is 289 g/mol. The van der Waals surface area contributed by atoms with Gasteiger partial charge in [-0.15, -0.1) is 0 Å². The molecule has 1 saturated carbocycles. The molecule has 2 aliphatic carbocycles. The van der Waals surface area contributed by atoms with Gasteiger partial charge < -0.3 is 14.1 Å². The van der Waals surface area contributed by atoms with E-state index in [0.717, 1.165) is 25.7 Å². The Bertz CT molecular complexity index is 599. The molecule has 1 amide bonds. The second kappa shape index (κ2) is 4.70. The van der Waals surface area contributed by atoms with E-state index in [-0.39, 0.29) is 17.3 Å². The van der Waals surface area contributed by atoms with Crippen molar-refractivity contribution in [2.45, 2.75) is 44.1 Å². The number of morpholine rings is 1. The highest BCUT2D eigenvalue weighted by molar-refractivity contribution is 6.09. The number of nitrogens with zero attached hydrogens (tertiary/aromatic N) is 1. The van der Waals surface area contributed by atoms with Crippen LogP contribution in [0.2, 0.25) is 0 Å². The lowest BCUT2D eigenvalue weighted by Gasteiger charge is -2.48. The third-order valence-corrected chi connectivity index (χ3v) is 4.98. The van der Waals surface area contributed by atoms with E-state index >= 15 is 0 Å². The zero-order valence-electron chi connectivity index (χ0n) is 12.0. The molecule has 1 spiro atoms. The molecule has 0 atom stereocenters. The van der Waals surface area contributed by atoms with Crippen LogP contribution in [0.1, 0.15) is 58.6 Å². The summed E-state index contributed by atoms with van der Waals surface area (Å²) >= 11 is 0. The van der Waals surface area contributed by atoms with Crippen molar-refractivity contribution in [3.05, 3.63) is 23.2 Å². The number of aryl methyl sites for hydroxylation is 1. The van der Waals surface area contributed by atoms with Crippen molar-refractivity contribution in [1.29, 1.82) is 0 Å². The van der Waals surface area contributed by atoms with Gasteiger partial charge >= 0.3 is 0 Å². The molecular weight excluding hydrogens is 270 g/mol. The third kappa shape index (κ3) is 2.02. The van der Waals surface area contributed by atoms with Crippen molar-refractivity contribution in [3.63, 3.8) is 0 Å². The molecule has 21 heavy (non-hydrogen) atoms. The highest BCUT2D eigenvalue weighted by Gasteiger charge is 2.44. The summed E-state index contributed by atoms with van der Waals surface area (Å²) in [7, 11) is 0. The van der Waals surface area contributed by atoms with Gasteiger partial charge in [0.15, 0.2) is 5.78 Å². The van der Waals surface area contributed by atoms with Crippen molar-refractivity contribution >= 4 is 11.7 Å². The number of carbonyl (C=O) groups is 2. The van der Waals surface area contributed by atoms with E-state index in [1.165, 1.54) is 12.7 Å². The van der Waals surface area contributed by atoms with Gasteiger partial charge in [0, 0.05) is 19.4 Å². The van der Waals surface area contributed by atoms with Crippen LogP contribution in [0.5, 0.6) is 0 Å². The number of ketones is 1. The Morgan fingerprint density at radius 3 is 2.86 bits per heavy atom. The molecule has 5 nitrogen and oxygen atoms in total. The molecular formula is C16H19NO4. The van der Waals surface area contributed by atoms with E-state index in [1.807, 2.05) is 4.90 Å². The van der Waals surface area contributed by atoms with Gasteiger partial charge in [-0.1, -0.05) is 0 Å². The number of Topliss-reactive ketones (excluding diaryl/α,β-unsaturated/α-hetero) is 1. The van der Waals surface area contributed by atoms with Gasteiger partial charge in [-0.3, -0.25) is 9.59 Å². The van der Waals surface area contributed by atoms with Crippen molar-refractivity contribution in [2.75, 3.05) is 19.7 Å². The van der Waals surface area contributed by atoms with Crippen LogP contribution in [0.4, 0.5) is 0 Å². The lowest BCUT2D eigenvalue weighted by atomic mass is 9.78. The van der Waals surface area contributed by atoms with E-state index in [4.69, 9.17) is 9.15 Å². The number of ether oxygens (including phenoxy) is 1. The second-order valence-corrected chi connectivity index (χ2v) is 6.34. The SMILES string of the molecule is O=C1CCCc2occ(C(=O)N3CCOC4(CCC4)C3)c21. The Hall–Kier alpha value is -1.62. The predicted octanol–water partition coefficient (Wildman–Crippen LogP) is 2.19. The lowest BCUT2D eigenvalue weighted by Crippen LogP contribution is -2.57. The van der Waals surface area contributed by atoms with Crippen molar-refractivity contribution in [1.82, 2.24) is 4.90 Å². The summed E-state index contributed by atoms with van der Waals surface area (Å²) in [6.07, 6.45) is 6.77. The van der Waals surface area contributed by atoms with Crippen molar-refractivity contribution in [3.8, 4) is 0 Å². The molecule has 0 radical (unpaired) electrons. The Morgan fingerprint density at radius 2 is 2.10 bits per heavy atom. The van der Waals surface area contributed by atoms with E-state index in [0.29, 0.717) is 43.0 Å². The van der Waals surface area contributed by atoms with Crippen LogP contribution in [0.15, 0.2) is 10.7 Å². The Balaban J connectivity index is 1.60. The maximum absolute atomic E-state index is 12.8. The fourth-order valence-electron chi connectivity index (χ4n) is 3.64. The van der Waals surface area contributed by atoms with Gasteiger partial charge in [0.05, 0.1) is 29.9 Å². The average molecular weight is 289 g/mol. The standard InChI is InChI=1S/C16H19NO4/c18-12-3-1-4-13-14(12)11(9-20-13)15(19)17-7-8-21-16(10-17)5-2-6-16/h9H,1-8,10H2. The van der Waals surface area contributed by atoms with Crippen LogP contribution >= 0.6 is 0 Å². The fraction of sp³-hybridized carbons (Fsp3) is 0.625. The van der Waals surface area contributed by atoms with E-state index in [1.54, 1.807) is 0 Å². The molecule has 0 N–H and O–H groups in total. The number of amides is 1. The topological polar surface area (TPSA) is 59.8 Å². The second-order valence-electron chi connectivity index (χ2n) is 6.34. The number of fused-ring (bicyclic) bond motifs is 1. The summed E-state index contributed by atoms with van der Waals surface area (Å²) < 4.78 is 11.3. The Kier molecular flexibility index (Phi) is 2.92. The minimum absolute atomic E-state index is 0.0416. The fourth-order valence-corrected chi connectivity index (χ4v) is 3.64. The first-order chi connectivity index (χ1) is 10.2. The highest BCUT2D eigenvalue weighted by Crippen LogP contribution is 2.38. The first-order valence-corrected chi connectivity index (χ1v) is 7.75. The van der Waals surface area contributed by atoms with Gasteiger partial charge in [-0.25, -0.2) is 0 Å². The molecule has 0 unspecified atom stereocenters. The smallest absolute Gasteiger partial charge is 0.258 e. The summed E-state index contributed by atoms with van der Waals surface area (Å²) in [5.41, 5.74) is 0.855. The van der Waals surface area contributed by atoms with Gasteiger partial charge in [0.25, 0.3) is 5.91 Å². The van der Waals surface area contributed by atoms with Gasteiger partial charge in [-0.05, 0) is 25.7 Å². The largest absolute Gasteiger partial charge is 0.468 e.